The van der Waals surface area contributed by atoms with E-state index in [9.17, 15) is 9.59 Å². The van der Waals surface area contributed by atoms with Crippen molar-refractivity contribution in [1.29, 1.82) is 0 Å². The molecule has 1 N–H and O–H groups in total. The molecule has 0 saturated heterocycles. The standard InChI is InChI=1S/C19H32N2O2S/c1-4-6-7-13-21(16(3)9-5-2)18(22)10-8-12-20-19(23)17-11-14-24-15-17/h11,14-16H,4-10,12-13H2,1-3H3,(H,20,23). The molecule has 4 nitrogen and oxygen atoms in total. The number of carbonyl (C=O) groups is 2. The maximum Gasteiger partial charge on any atom is 0.252 e. The molecule has 2 amide bonds. The number of unbranched alkanes of at least 4 members (excludes halogenated alkanes) is 2. The van der Waals surface area contributed by atoms with Crippen molar-refractivity contribution in [2.45, 2.75) is 71.8 Å². The van der Waals surface area contributed by atoms with Gasteiger partial charge in [0.15, 0.2) is 0 Å². The Labute approximate surface area is 150 Å². The highest BCUT2D eigenvalue weighted by molar-refractivity contribution is 7.08. The Morgan fingerprint density at radius 1 is 1.21 bits per heavy atom. The number of rotatable bonds is 12. The smallest absolute Gasteiger partial charge is 0.252 e. The van der Waals surface area contributed by atoms with Gasteiger partial charge in [0, 0.05) is 36.5 Å². The van der Waals surface area contributed by atoms with Crippen molar-refractivity contribution >= 4 is 23.2 Å². The minimum absolute atomic E-state index is 0.0529. The molecular weight excluding hydrogens is 320 g/mol. The number of amides is 2. The number of nitrogens with zero attached hydrogens (tertiary/aromatic N) is 1. The van der Waals surface area contributed by atoms with Crippen LogP contribution in [0.1, 0.15) is 76.1 Å². The fraction of sp³-hybridized carbons (Fsp3) is 0.684. The van der Waals surface area contributed by atoms with Gasteiger partial charge in [0.2, 0.25) is 5.91 Å². The van der Waals surface area contributed by atoms with Crippen molar-refractivity contribution in [3.63, 3.8) is 0 Å². The molecule has 5 heteroatoms. The van der Waals surface area contributed by atoms with E-state index in [0.29, 0.717) is 31.0 Å². The van der Waals surface area contributed by atoms with Crippen molar-refractivity contribution in [1.82, 2.24) is 10.2 Å². The maximum absolute atomic E-state index is 12.5. The zero-order valence-corrected chi connectivity index (χ0v) is 16.2. The number of hydrogen-bond acceptors (Lipinski definition) is 3. The molecule has 0 saturated carbocycles. The third kappa shape index (κ3) is 7.47. The van der Waals surface area contributed by atoms with E-state index in [2.05, 4.69) is 26.1 Å². The van der Waals surface area contributed by atoms with Gasteiger partial charge < -0.3 is 10.2 Å². The molecular formula is C19H32N2O2S. The van der Waals surface area contributed by atoms with Crippen LogP contribution in [0.2, 0.25) is 0 Å². The minimum atomic E-state index is -0.0529. The topological polar surface area (TPSA) is 49.4 Å². The second kappa shape index (κ2) is 12.1. The summed E-state index contributed by atoms with van der Waals surface area (Å²) in [7, 11) is 0. The third-order valence-electron chi connectivity index (χ3n) is 4.20. The van der Waals surface area contributed by atoms with Gasteiger partial charge in [-0.15, -0.1) is 0 Å². The molecule has 0 aliphatic rings. The monoisotopic (exact) mass is 352 g/mol. The van der Waals surface area contributed by atoms with Crippen LogP contribution in [0.15, 0.2) is 16.8 Å². The molecule has 1 unspecified atom stereocenters. The predicted molar refractivity (Wildman–Crippen MR) is 101 cm³/mol. The highest BCUT2D eigenvalue weighted by Crippen LogP contribution is 2.12. The summed E-state index contributed by atoms with van der Waals surface area (Å²) in [6.07, 6.45) is 6.74. The summed E-state index contributed by atoms with van der Waals surface area (Å²) in [4.78, 5) is 26.4. The first-order chi connectivity index (χ1) is 11.6. The van der Waals surface area contributed by atoms with E-state index in [1.807, 2.05) is 21.7 Å². The van der Waals surface area contributed by atoms with E-state index in [1.54, 1.807) is 0 Å². The number of hydrogen-bond donors (Lipinski definition) is 1. The summed E-state index contributed by atoms with van der Waals surface area (Å²) >= 11 is 1.51. The molecule has 1 aromatic rings. The summed E-state index contributed by atoms with van der Waals surface area (Å²) in [5, 5.41) is 6.61. The fourth-order valence-corrected chi connectivity index (χ4v) is 3.41. The van der Waals surface area contributed by atoms with Gasteiger partial charge in [0.1, 0.15) is 0 Å². The quantitative estimate of drug-likeness (QED) is 0.564. The number of carbonyl (C=O) groups excluding carboxylic acids is 2. The molecule has 0 spiro atoms. The lowest BCUT2D eigenvalue weighted by molar-refractivity contribution is -0.133. The Kier molecular flexibility index (Phi) is 10.4. The maximum atomic E-state index is 12.5. The average Bonchev–Trinajstić information content (AvgIpc) is 3.10. The van der Waals surface area contributed by atoms with Crippen LogP contribution >= 0.6 is 11.3 Å². The lowest BCUT2D eigenvalue weighted by Crippen LogP contribution is -2.39. The summed E-state index contributed by atoms with van der Waals surface area (Å²) in [5.74, 6) is 0.166. The van der Waals surface area contributed by atoms with Crippen LogP contribution in [0.4, 0.5) is 0 Å². The second-order valence-electron chi connectivity index (χ2n) is 6.30. The second-order valence-corrected chi connectivity index (χ2v) is 7.08. The van der Waals surface area contributed by atoms with E-state index in [-0.39, 0.29) is 11.8 Å². The van der Waals surface area contributed by atoms with E-state index in [0.717, 1.165) is 25.8 Å². The lowest BCUT2D eigenvalue weighted by Gasteiger charge is -2.29. The van der Waals surface area contributed by atoms with Crippen molar-refractivity contribution in [2.75, 3.05) is 13.1 Å². The number of thiophene rings is 1. The molecule has 0 fully saturated rings. The SMILES string of the molecule is CCCCCN(C(=O)CCCNC(=O)c1ccsc1)C(C)CCC. The van der Waals surface area contributed by atoms with Crippen LogP contribution in [0.25, 0.3) is 0 Å². The van der Waals surface area contributed by atoms with Gasteiger partial charge in [-0.2, -0.15) is 11.3 Å². The molecule has 0 aromatic carbocycles. The summed E-state index contributed by atoms with van der Waals surface area (Å²) in [5.41, 5.74) is 0.698. The van der Waals surface area contributed by atoms with Gasteiger partial charge in [0.25, 0.3) is 5.91 Å². The van der Waals surface area contributed by atoms with Gasteiger partial charge >= 0.3 is 0 Å². The van der Waals surface area contributed by atoms with Crippen molar-refractivity contribution in [2.24, 2.45) is 0 Å². The van der Waals surface area contributed by atoms with Gasteiger partial charge in [-0.3, -0.25) is 9.59 Å². The Balaban J connectivity index is 2.35. The molecule has 24 heavy (non-hydrogen) atoms. The minimum Gasteiger partial charge on any atom is -0.352 e. The van der Waals surface area contributed by atoms with Gasteiger partial charge in [-0.05, 0) is 37.6 Å². The Bertz CT molecular complexity index is 474. The molecule has 0 aliphatic carbocycles. The number of nitrogens with one attached hydrogen (secondary N) is 1. The molecule has 1 rings (SSSR count). The van der Waals surface area contributed by atoms with E-state index >= 15 is 0 Å². The van der Waals surface area contributed by atoms with E-state index in [4.69, 9.17) is 0 Å². The molecule has 1 atom stereocenters. The van der Waals surface area contributed by atoms with Gasteiger partial charge in [-0.25, -0.2) is 0 Å². The van der Waals surface area contributed by atoms with E-state index < -0.39 is 0 Å². The zero-order chi connectivity index (χ0) is 17.8. The van der Waals surface area contributed by atoms with Gasteiger partial charge in [-0.1, -0.05) is 33.1 Å². The normalized spacial score (nSPS) is 12.0. The Morgan fingerprint density at radius 2 is 2.00 bits per heavy atom. The Morgan fingerprint density at radius 3 is 2.62 bits per heavy atom. The molecule has 1 aromatic heterocycles. The van der Waals surface area contributed by atoms with Crippen molar-refractivity contribution < 1.29 is 9.59 Å². The van der Waals surface area contributed by atoms with Crippen LogP contribution in [0, 0.1) is 0 Å². The fourth-order valence-electron chi connectivity index (χ4n) is 2.78. The predicted octanol–water partition coefficient (Wildman–Crippen LogP) is 4.47. The lowest BCUT2D eigenvalue weighted by atomic mass is 10.1. The molecule has 1 heterocycles. The van der Waals surface area contributed by atoms with Crippen molar-refractivity contribution in [3.8, 4) is 0 Å². The van der Waals surface area contributed by atoms with Crippen LogP contribution < -0.4 is 5.32 Å². The first kappa shape index (κ1) is 20.7. The highest BCUT2D eigenvalue weighted by Gasteiger charge is 2.18. The average molecular weight is 353 g/mol. The van der Waals surface area contributed by atoms with Crippen LogP contribution in [0.3, 0.4) is 0 Å². The van der Waals surface area contributed by atoms with Gasteiger partial charge in [0.05, 0.1) is 0 Å². The molecule has 0 bridgehead atoms. The van der Waals surface area contributed by atoms with Crippen LogP contribution in [-0.2, 0) is 4.79 Å². The highest BCUT2D eigenvalue weighted by atomic mass is 32.1. The largest absolute Gasteiger partial charge is 0.352 e. The van der Waals surface area contributed by atoms with E-state index in [1.165, 1.54) is 24.2 Å². The summed E-state index contributed by atoms with van der Waals surface area (Å²) in [6.45, 7) is 7.88. The van der Waals surface area contributed by atoms with Crippen LogP contribution in [-0.4, -0.2) is 35.8 Å². The Hall–Kier alpha value is -1.36. The first-order valence-corrected chi connectivity index (χ1v) is 10.1. The molecule has 136 valence electrons. The zero-order valence-electron chi connectivity index (χ0n) is 15.3. The molecule has 0 radical (unpaired) electrons. The first-order valence-electron chi connectivity index (χ1n) is 9.20. The summed E-state index contributed by atoms with van der Waals surface area (Å²) < 4.78 is 0. The van der Waals surface area contributed by atoms with Crippen LogP contribution in [0.5, 0.6) is 0 Å². The summed E-state index contributed by atoms with van der Waals surface area (Å²) in [6, 6.07) is 2.12. The van der Waals surface area contributed by atoms with Crippen molar-refractivity contribution in [3.05, 3.63) is 22.4 Å². The third-order valence-corrected chi connectivity index (χ3v) is 4.88. The molecule has 0 aliphatic heterocycles.